The number of aliphatic carboxylic acids is 1. The second-order valence-electron chi connectivity index (χ2n) is 6.93. The Morgan fingerprint density at radius 1 is 1.23 bits per heavy atom. The van der Waals surface area contributed by atoms with Crippen molar-refractivity contribution in [3.8, 4) is 0 Å². The molecule has 1 aromatic carbocycles. The molecule has 1 aromatic heterocycles. The van der Waals surface area contributed by atoms with E-state index in [4.69, 9.17) is 5.11 Å². The summed E-state index contributed by atoms with van der Waals surface area (Å²) in [5.41, 5.74) is 1.31. The van der Waals surface area contributed by atoms with E-state index in [1.165, 1.54) is 22.5 Å². The molecule has 0 spiro atoms. The van der Waals surface area contributed by atoms with Gasteiger partial charge in [-0.25, -0.2) is 8.42 Å². The Hall–Kier alpha value is -2.72. The van der Waals surface area contributed by atoms with Gasteiger partial charge in [0.05, 0.1) is 22.6 Å². The Morgan fingerprint density at radius 3 is 2.50 bits per heavy atom. The number of aryl methyl sites for hydroxylation is 1. The smallest absolute Gasteiger partial charge is 0.417 e. The number of carboxylic acid groups (broad SMARTS) is 1. The van der Waals surface area contributed by atoms with Crippen LogP contribution in [0.3, 0.4) is 0 Å². The molecule has 3 rings (SSSR count). The number of nitrogens with zero attached hydrogens (tertiary/aromatic N) is 2. The third kappa shape index (κ3) is 4.71. The van der Waals surface area contributed by atoms with Gasteiger partial charge in [-0.3, -0.25) is 9.78 Å². The summed E-state index contributed by atoms with van der Waals surface area (Å²) in [6.45, 7) is 1.89. The fraction of sp³-hybridized carbons (Fsp3) is 0.300. The van der Waals surface area contributed by atoms with Gasteiger partial charge in [-0.15, -0.1) is 0 Å². The molecule has 0 saturated carbocycles. The van der Waals surface area contributed by atoms with Gasteiger partial charge in [0.25, 0.3) is 0 Å². The molecule has 2 heterocycles. The predicted octanol–water partition coefficient (Wildman–Crippen LogP) is 3.51. The first kappa shape index (κ1) is 22.0. The van der Waals surface area contributed by atoms with E-state index < -0.39 is 27.7 Å². The normalized spacial score (nSPS) is 15.7. The van der Waals surface area contributed by atoms with Crippen LogP contribution in [0, 0.1) is 6.92 Å². The number of carbonyl (C=O) groups is 1. The van der Waals surface area contributed by atoms with Crippen molar-refractivity contribution in [3.63, 3.8) is 0 Å². The highest BCUT2D eigenvalue weighted by molar-refractivity contribution is 7.89. The van der Waals surface area contributed by atoms with Crippen LogP contribution in [-0.4, -0.2) is 41.9 Å². The topological polar surface area (TPSA) is 87.6 Å². The number of hydrogen-bond donors (Lipinski definition) is 1. The maximum atomic E-state index is 12.9. The number of sulfonamides is 1. The molecule has 0 saturated heterocycles. The highest BCUT2D eigenvalue weighted by Gasteiger charge is 2.31. The summed E-state index contributed by atoms with van der Waals surface area (Å²) in [6, 6.07) is 6.60. The van der Waals surface area contributed by atoms with Crippen LogP contribution in [0.5, 0.6) is 0 Å². The first-order valence-electron chi connectivity index (χ1n) is 9.02. The molecule has 0 radical (unpaired) electrons. The van der Waals surface area contributed by atoms with Crippen LogP contribution in [-0.2, 0) is 27.4 Å². The minimum absolute atomic E-state index is 0.00820. The van der Waals surface area contributed by atoms with Crippen molar-refractivity contribution in [1.29, 1.82) is 0 Å². The summed E-state index contributed by atoms with van der Waals surface area (Å²) < 4.78 is 65.1. The number of halogens is 3. The van der Waals surface area contributed by atoms with E-state index in [9.17, 15) is 26.4 Å². The monoisotopic (exact) mass is 440 g/mol. The van der Waals surface area contributed by atoms with Crippen molar-refractivity contribution in [3.05, 3.63) is 65.0 Å². The average Bonchev–Trinajstić information content (AvgIpc) is 2.69. The molecule has 0 fully saturated rings. The van der Waals surface area contributed by atoms with Gasteiger partial charge in [-0.1, -0.05) is 12.1 Å². The number of pyridine rings is 1. The molecule has 1 aliphatic rings. The Morgan fingerprint density at radius 2 is 1.97 bits per heavy atom. The lowest BCUT2D eigenvalue weighted by Crippen LogP contribution is -2.34. The van der Waals surface area contributed by atoms with Gasteiger partial charge in [0.15, 0.2) is 0 Å². The molecule has 6 nitrogen and oxygen atoms in total. The lowest BCUT2D eigenvalue weighted by molar-refractivity contribution is -0.138. The van der Waals surface area contributed by atoms with Crippen molar-refractivity contribution < 1.29 is 31.5 Å². The summed E-state index contributed by atoms with van der Waals surface area (Å²) >= 11 is 0. The summed E-state index contributed by atoms with van der Waals surface area (Å²) in [7, 11) is -3.84. The van der Waals surface area contributed by atoms with Crippen LogP contribution < -0.4 is 0 Å². The van der Waals surface area contributed by atoms with Gasteiger partial charge in [0.2, 0.25) is 10.0 Å². The second-order valence-corrected chi connectivity index (χ2v) is 8.87. The zero-order valence-corrected chi connectivity index (χ0v) is 16.8. The van der Waals surface area contributed by atoms with Crippen LogP contribution in [0.2, 0.25) is 0 Å². The quantitative estimate of drug-likeness (QED) is 0.769. The highest BCUT2D eigenvalue weighted by atomic mass is 32.2. The van der Waals surface area contributed by atoms with Gasteiger partial charge >= 0.3 is 12.1 Å². The first-order chi connectivity index (χ1) is 14.0. The molecule has 0 unspecified atom stereocenters. The number of aromatic nitrogens is 1. The lowest BCUT2D eigenvalue weighted by Gasteiger charge is -2.26. The van der Waals surface area contributed by atoms with E-state index in [2.05, 4.69) is 4.98 Å². The van der Waals surface area contributed by atoms with E-state index in [0.717, 1.165) is 12.3 Å². The molecule has 1 N–H and O–H groups in total. The Labute approximate surface area is 171 Å². The minimum Gasteiger partial charge on any atom is -0.481 e. The van der Waals surface area contributed by atoms with Crippen molar-refractivity contribution in [2.75, 3.05) is 13.1 Å². The lowest BCUT2D eigenvalue weighted by atomic mass is 10.0. The number of benzene rings is 1. The maximum Gasteiger partial charge on any atom is 0.417 e. The average molecular weight is 440 g/mol. The van der Waals surface area contributed by atoms with Crippen molar-refractivity contribution >= 4 is 21.6 Å². The van der Waals surface area contributed by atoms with Crippen LogP contribution in [0.25, 0.3) is 5.57 Å². The fourth-order valence-corrected chi connectivity index (χ4v) is 4.60. The molecule has 0 atom stereocenters. The van der Waals surface area contributed by atoms with Crippen LogP contribution in [0.15, 0.2) is 47.5 Å². The highest BCUT2D eigenvalue weighted by Crippen LogP contribution is 2.30. The molecule has 30 heavy (non-hydrogen) atoms. The van der Waals surface area contributed by atoms with E-state index in [-0.39, 0.29) is 24.4 Å². The zero-order chi connectivity index (χ0) is 22.1. The minimum atomic E-state index is -4.47. The van der Waals surface area contributed by atoms with Crippen molar-refractivity contribution in [1.82, 2.24) is 9.29 Å². The molecule has 0 bridgehead atoms. The SMILES string of the molecule is Cc1ccc(S(=O)(=O)N2CC=C(c3ccc(C(F)(F)F)cn3)CC2)cc1CC(=O)O. The molecule has 2 aromatic rings. The van der Waals surface area contributed by atoms with Crippen LogP contribution >= 0.6 is 0 Å². The Kier molecular flexibility index (Phi) is 6.00. The summed E-state index contributed by atoms with van der Waals surface area (Å²) in [6.07, 6.45) is -2.06. The van der Waals surface area contributed by atoms with Gasteiger partial charge in [-0.2, -0.15) is 17.5 Å². The molecule has 0 aliphatic carbocycles. The number of rotatable bonds is 5. The van der Waals surface area contributed by atoms with Crippen molar-refractivity contribution in [2.45, 2.75) is 30.8 Å². The Bertz CT molecular complexity index is 1090. The molecule has 10 heteroatoms. The third-order valence-electron chi connectivity index (χ3n) is 4.89. The summed E-state index contributed by atoms with van der Waals surface area (Å²) in [4.78, 5) is 14.9. The Balaban J connectivity index is 1.79. The second kappa shape index (κ2) is 8.19. The van der Waals surface area contributed by atoms with Crippen molar-refractivity contribution in [2.24, 2.45) is 0 Å². The van der Waals surface area contributed by atoms with Gasteiger partial charge in [-0.05, 0) is 54.3 Å². The van der Waals surface area contributed by atoms with Gasteiger partial charge < -0.3 is 5.11 Å². The summed E-state index contributed by atoms with van der Waals surface area (Å²) in [5, 5.41) is 9.00. The van der Waals surface area contributed by atoms with E-state index in [0.29, 0.717) is 28.8 Å². The van der Waals surface area contributed by atoms with Gasteiger partial charge in [0.1, 0.15) is 0 Å². The van der Waals surface area contributed by atoms with Crippen LogP contribution in [0.4, 0.5) is 13.2 Å². The standard InChI is InChI=1S/C20H19F3N2O4S/c1-13-2-4-17(10-15(13)11-19(26)27)30(28,29)25-8-6-14(7-9-25)18-5-3-16(12-24-18)20(21,22)23/h2-6,10,12H,7-9,11H2,1H3,(H,26,27). The zero-order valence-electron chi connectivity index (χ0n) is 16.0. The molecular formula is C20H19F3N2O4S. The largest absolute Gasteiger partial charge is 0.481 e. The molecular weight excluding hydrogens is 421 g/mol. The maximum absolute atomic E-state index is 12.9. The number of hydrogen-bond acceptors (Lipinski definition) is 4. The number of alkyl halides is 3. The van der Waals surface area contributed by atoms with E-state index in [1.807, 2.05) is 0 Å². The summed E-state index contributed by atoms with van der Waals surface area (Å²) in [5.74, 6) is -1.05. The predicted molar refractivity (Wildman–Crippen MR) is 103 cm³/mol. The van der Waals surface area contributed by atoms with Crippen LogP contribution in [0.1, 0.15) is 28.8 Å². The third-order valence-corrected chi connectivity index (χ3v) is 6.75. The molecule has 160 valence electrons. The fourth-order valence-electron chi connectivity index (χ4n) is 3.16. The molecule has 1 aliphatic heterocycles. The van der Waals surface area contributed by atoms with E-state index in [1.54, 1.807) is 19.1 Å². The first-order valence-corrected chi connectivity index (χ1v) is 10.5. The van der Waals surface area contributed by atoms with Gasteiger partial charge in [0, 0.05) is 19.3 Å². The van der Waals surface area contributed by atoms with E-state index >= 15 is 0 Å². The number of carboxylic acids is 1. The molecule has 0 amide bonds.